The zero-order valence-corrected chi connectivity index (χ0v) is 11.3. The minimum absolute atomic E-state index is 0.0671. The quantitative estimate of drug-likeness (QED) is 0.549. The third-order valence-electron chi connectivity index (χ3n) is 4.08. The smallest absolute Gasteiger partial charge is 0.157 e. The van der Waals surface area contributed by atoms with Crippen LogP contribution in [-0.4, -0.2) is 21.2 Å². The first-order chi connectivity index (χ1) is 6.33. The summed E-state index contributed by atoms with van der Waals surface area (Å²) in [5, 5.41) is 0. The topological polar surface area (TPSA) is 34.1 Å². The molecule has 2 bridgehead atoms. The van der Waals surface area contributed by atoms with Gasteiger partial charge in [-0.25, -0.2) is 0 Å². The summed E-state index contributed by atoms with van der Waals surface area (Å²) >= 11 is 7.04. The average Bonchev–Trinajstić information content (AvgIpc) is 2.45. The summed E-state index contributed by atoms with van der Waals surface area (Å²) in [6, 6.07) is 0. The fourth-order valence-corrected chi connectivity index (χ4v) is 5.35. The molecule has 4 heteroatoms. The molecule has 2 aliphatic carbocycles. The van der Waals surface area contributed by atoms with E-state index < -0.39 is 15.2 Å². The van der Waals surface area contributed by atoms with Gasteiger partial charge in [-0.3, -0.25) is 4.79 Å². The molecule has 2 nitrogen and oxygen atoms in total. The zero-order valence-electron chi connectivity index (χ0n) is 8.14. The highest BCUT2D eigenvalue weighted by molar-refractivity contribution is 9.13. The van der Waals surface area contributed by atoms with E-state index in [-0.39, 0.29) is 10.6 Å². The van der Waals surface area contributed by atoms with Crippen molar-refractivity contribution in [3.05, 3.63) is 0 Å². The number of hydrogen-bond donors (Lipinski definition) is 0. The predicted octanol–water partition coefficient (Wildman–Crippen LogP) is 2.47. The summed E-state index contributed by atoms with van der Waals surface area (Å²) in [6.45, 7) is 3.75. The Kier molecular flexibility index (Phi) is 2.08. The molecule has 0 aliphatic heterocycles. The van der Waals surface area contributed by atoms with Gasteiger partial charge < -0.3 is 4.79 Å². The zero-order chi connectivity index (χ0) is 10.8. The summed E-state index contributed by atoms with van der Waals surface area (Å²) in [7, 11) is 0. The molecule has 0 amide bonds. The van der Waals surface area contributed by atoms with Gasteiger partial charge in [-0.1, -0.05) is 45.7 Å². The minimum Gasteiger partial charge on any atom is -0.303 e. The number of halogens is 2. The van der Waals surface area contributed by atoms with E-state index in [0.717, 1.165) is 19.1 Å². The van der Waals surface area contributed by atoms with Crippen LogP contribution in [0.2, 0.25) is 0 Å². The molecule has 2 saturated carbocycles. The fraction of sp³-hybridized carbons (Fsp3) is 0.800. The summed E-state index contributed by atoms with van der Waals surface area (Å²) < 4.78 is -0.516. The highest BCUT2D eigenvalue weighted by atomic mass is 79.9. The Balaban J connectivity index is 2.64. The number of hydrogen-bond acceptors (Lipinski definition) is 2. The van der Waals surface area contributed by atoms with Crippen LogP contribution in [0.4, 0.5) is 0 Å². The molecule has 2 aliphatic rings. The van der Waals surface area contributed by atoms with Crippen molar-refractivity contribution in [3.8, 4) is 0 Å². The average molecular weight is 324 g/mol. The van der Waals surface area contributed by atoms with Gasteiger partial charge in [0.1, 0.15) is 6.29 Å². The van der Waals surface area contributed by atoms with E-state index in [1.807, 2.05) is 13.8 Å². The summed E-state index contributed by atoms with van der Waals surface area (Å²) in [5.41, 5.74) is -1.07. The number of ketones is 1. The third kappa shape index (κ3) is 0.838. The summed E-state index contributed by atoms with van der Waals surface area (Å²) in [4.78, 5) is 23.4. The van der Waals surface area contributed by atoms with Crippen LogP contribution in [0.25, 0.3) is 0 Å². The van der Waals surface area contributed by atoms with Crippen molar-refractivity contribution in [2.24, 2.45) is 10.8 Å². The number of rotatable bonds is 1. The van der Waals surface area contributed by atoms with Crippen LogP contribution >= 0.6 is 31.9 Å². The molecule has 0 aromatic rings. The van der Waals surface area contributed by atoms with Crippen molar-refractivity contribution in [3.63, 3.8) is 0 Å². The molecule has 3 atom stereocenters. The lowest BCUT2D eigenvalue weighted by atomic mass is 9.65. The van der Waals surface area contributed by atoms with E-state index in [1.165, 1.54) is 0 Å². The van der Waals surface area contributed by atoms with Gasteiger partial charge in [-0.05, 0) is 12.8 Å². The van der Waals surface area contributed by atoms with Gasteiger partial charge in [0.2, 0.25) is 0 Å². The number of alkyl halides is 2. The maximum Gasteiger partial charge on any atom is 0.157 e. The largest absolute Gasteiger partial charge is 0.303 e. The molecule has 2 rings (SSSR count). The number of aldehydes is 1. The van der Waals surface area contributed by atoms with Crippen molar-refractivity contribution >= 4 is 43.9 Å². The molecule has 0 N–H and O–H groups in total. The lowest BCUT2D eigenvalue weighted by molar-refractivity contribution is -0.136. The van der Waals surface area contributed by atoms with Gasteiger partial charge in [0, 0.05) is 5.41 Å². The number of fused-ring (bicyclic) bond motifs is 2. The minimum atomic E-state index is -0.551. The van der Waals surface area contributed by atoms with Crippen LogP contribution in [0.3, 0.4) is 0 Å². The second kappa shape index (κ2) is 2.70. The molecule has 0 spiro atoms. The Morgan fingerprint density at radius 2 is 2.00 bits per heavy atom. The molecule has 0 unspecified atom stereocenters. The Hall–Kier alpha value is 0.300. The van der Waals surface area contributed by atoms with Crippen LogP contribution < -0.4 is 0 Å². The first-order valence-electron chi connectivity index (χ1n) is 4.67. The van der Waals surface area contributed by atoms with Crippen molar-refractivity contribution in [1.82, 2.24) is 0 Å². The highest BCUT2D eigenvalue weighted by Gasteiger charge is 2.74. The first kappa shape index (κ1) is 10.8. The molecule has 14 heavy (non-hydrogen) atoms. The molecule has 2 fully saturated rings. The van der Waals surface area contributed by atoms with Gasteiger partial charge in [-0.2, -0.15) is 0 Å². The monoisotopic (exact) mass is 322 g/mol. The predicted molar refractivity (Wildman–Crippen MR) is 60.9 cm³/mol. The van der Waals surface area contributed by atoms with Gasteiger partial charge in [0.25, 0.3) is 0 Å². The summed E-state index contributed by atoms with van der Waals surface area (Å²) in [6.07, 6.45) is 2.51. The second-order valence-corrected chi connectivity index (χ2v) is 7.17. The van der Waals surface area contributed by atoms with E-state index in [1.54, 1.807) is 0 Å². The Morgan fingerprint density at radius 3 is 2.29 bits per heavy atom. The van der Waals surface area contributed by atoms with Crippen LogP contribution in [0.1, 0.15) is 26.7 Å². The van der Waals surface area contributed by atoms with E-state index in [2.05, 4.69) is 31.9 Å². The lowest BCUT2D eigenvalue weighted by Gasteiger charge is -2.36. The summed E-state index contributed by atoms with van der Waals surface area (Å²) in [5.74, 6) is 0.158. The standard InChI is InChI=1S/C10H12Br2O2/c1-8(2)7(14)10(12)4-3-9(8,5-13)6(10)11/h5-6H,3-4H2,1-2H3/t6-,9+,10+/m0/s1. The molecule has 0 radical (unpaired) electrons. The van der Waals surface area contributed by atoms with Crippen molar-refractivity contribution in [2.75, 3.05) is 0 Å². The number of carbonyl (C=O) groups is 2. The van der Waals surface area contributed by atoms with Crippen LogP contribution in [0, 0.1) is 10.8 Å². The number of carbonyl (C=O) groups excluding carboxylic acids is 2. The SMILES string of the molecule is CC1(C)C(=O)[C@@]2(Br)CC[C@@]1(C=O)[C@@H]2Br. The molecule has 0 aromatic heterocycles. The molecule has 0 saturated heterocycles. The first-order valence-corrected chi connectivity index (χ1v) is 6.38. The third-order valence-corrected chi connectivity index (χ3v) is 7.50. The molecule has 0 aromatic carbocycles. The number of Topliss-reactive ketones (excluding diaryl/α,β-unsaturated/α-hetero) is 1. The maximum absolute atomic E-state index is 12.1. The maximum atomic E-state index is 12.1. The van der Waals surface area contributed by atoms with Gasteiger partial charge in [0.05, 0.1) is 14.6 Å². The lowest BCUT2D eigenvalue weighted by Crippen LogP contribution is -2.43. The second-order valence-electron chi connectivity index (χ2n) is 4.84. The van der Waals surface area contributed by atoms with E-state index in [4.69, 9.17) is 0 Å². The Bertz CT molecular complexity index is 326. The van der Waals surface area contributed by atoms with Crippen LogP contribution in [0.5, 0.6) is 0 Å². The van der Waals surface area contributed by atoms with Crippen molar-refractivity contribution in [2.45, 2.75) is 35.8 Å². The van der Waals surface area contributed by atoms with E-state index in [9.17, 15) is 9.59 Å². The molecule has 78 valence electrons. The Labute approximate surface area is 100 Å². The van der Waals surface area contributed by atoms with Crippen molar-refractivity contribution in [1.29, 1.82) is 0 Å². The molecular weight excluding hydrogens is 312 g/mol. The molecular formula is C10H12Br2O2. The molecule has 0 heterocycles. The van der Waals surface area contributed by atoms with Gasteiger partial charge in [-0.15, -0.1) is 0 Å². The Morgan fingerprint density at radius 1 is 1.43 bits per heavy atom. The fourth-order valence-electron chi connectivity index (χ4n) is 2.91. The van der Waals surface area contributed by atoms with E-state index >= 15 is 0 Å². The van der Waals surface area contributed by atoms with Gasteiger partial charge >= 0.3 is 0 Å². The normalized spacial score (nSPS) is 49.7. The van der Waals surface area contributed by atoms with Crippen molar-refractivity contribution < 1.29 is 9.59 Å². The van der Waals surface area contributed by atoms with Crippen LogP contribution in [-0.2, 0) is 9.59 Å². The van der Waals surface area contributed by atoms with E-state index in [0.29, 0.717) is 0 Å². The van der Waals surface area contributed by atoms with Crippen LogP contribution in [0.15, 0.2) is 0 Å². The highest BCUT2D eigenvalue weighted by Crippen LogP contribution is 2.68. The van der Waals surface area contributed by atoms with Gasteiger partial charge in [0.15, 0.2) is 5.78 Å².